The van der Waals surface area contributed by atoms with E-state index >= 15 is 0 Å². The van der Waals surface area contributed by atoms with Gasteiger partial charge in [0.15, 0.2) is 0 Å². The SMILES string of the molecule is CCS(=O)(=O)NC[C@H](c1cccnc1)c1cn(C)c2ccccc12. The number of aryl methyl sites for hydroxylation is 1. The Bertz CT molecular complexity index is 933. The summed E-state index contributed by atoms with van der Waals surface area (Å²) in [6.07, 6.45) is 5.59. The number of fused-ring (bicyclic) bond motifs is 1. The van der Waals surface area contributed by atoms with Gasteiger partial charge in [0.2, 0.25) is 10.0 Å². The van der Waals surface area contributed by atoms with Crippen molar-refractivity contribution < 1.29 is 8.42 Å². The fourth-order valence-electron chi connectivity index (χ4n) is 2.95. The molecule has 0 radical (unpaired) electrons. The van der Waals surface area contributed by atoms with Crippen LogP contribution in [0.3, 0.4) is 0 Å². The molecule has 1 atom stereocenters. The minimum absolute atomic E-state index is 0.0717. The monoisotopic (exact) mass is 343 g/mol. The molecule has 0 saturated heterocycles. The standard InChI is InChI=1S/C18H21N3O2S/c1-3-24(22,23)20-12-16(14-7-6-10-19-11-14)17-13-21(2)18-9-5-4-8-15(17)18/h4-11,13,16,20H,3,12H2,1-2H3/t16-/m1/s1. The summed E-state index contributed by atoms with van der Waals surface area (Å²) >= 11 is 0. The molecule has 3 rings (SSSR count). The Balaban J connectivity index is 2.07. The Morgan fingerprint density at radius 1 is 1.21 bits per heavy atom. The topological polar surface area (TPSA) is 64.0 Å². The van der Waals surface area contributed by atoms with E-state index in [1.165, 1.54) is 0 Å². The molecule has 1 aromatic carbocycles. The molecule has 2 aromatic heterocycles. The van der Waals surface area contributed by atoms with Crippen LogP contribution in [-0.2, 0) is 17.1 Å². The van der Waals surface area contributed by atoms with Crippen LogP contribution in [0.25, 0.3) is 10.9 Å². The lowest BCUT2D eigenvalue weighted by Gasteiger charge is -2.17. The maximum atomic E-state index is 11.9. The average Bonchev–Trinajstić information content (AvgIpc) is 2.93. The van der Waals surface area contributed by atoms with Crippen molar-refractivity contribution in [1.82, 2.24) is 14.3 Å². The summed E-state index contributed by atoms with van der Waals surface area (Å²) in [7, 11) is -1.25. The molecule has 0 aliphatic heterocycles. The number of nitrogens with one attached hydrogen (secondary N) is 1. The van der Waals surface area contributed by atoms with Crippen molar-refractivity contribution >= 4 is 20.9 Å². The molecule has 0 amide bonds. The van der Waals surface area contributed by atoms with Crippen molar-refractivity contribution in [3.63, 3.8) is 0 Å². The van der Waals surface area contributed by atoms with Crippen molar-refractivity contribution in [2.24, 2.45) is 7.05 Å². The number of nitrogens with zero attached hydrogens (tertiary/aromatic N) is 2. The van der Waals surface area contributed by atoms with Gasteiger partial charge in [0.1, 0.15) is 0 Å². The Morgan fingerprint density at radius 2 is 2.00 bits per heavy atom. The molecule has 5 nitrogen and oxygen atoms in total. The molecule has 6 heteroatoms. The molecular formula is C18H21N3O2S. The van der Waals surface area contributed by atoms with Gasteiger partial charge in [-0.1, -0.05) is 24.3 Å². The fraction of sp³-hybridized carbons (Fsp3) is 0.278. The summed E-state index contributed by atoms with van der Waals surface area (Å²) in [6.45, 7) is 1.95. The van der Waals surface area contributed by atoms with Gasteiger partial charge in [-0.2, -0.15) is 0 Å². The van der Waals surface area contributed by atoms with Crippen LogP contribution in [0, 0.1) is 0 Å². The highest BCUT2D eigenvalue weighted by atomic mass is 32.2. The first kappa shape index (κ1) is 16.7. The lowest BCUT2D eigenvalue weighted by atomic mass is 9.92. The van der Waals surface area contributed by atoms with Crippen molar-refractivity contribution in [2.45, 2.75) is 12.8 Å². The predicted molar refractivity (Wildman–Crippen MR) is 96.5 cm³/mol. The number of sulfonamides is 1. The van der Waals surface area contributed by atoms with E-state index < -0.39 is 10.0 Å². The van der Waals surface area contributed by atoms with Crippen LogP contribution < -0.4 is 4.72 Å². The van der Waals surface area contributed by atoms with Crippen molar-refractivity contribution in [2.75, 3.05) is 12.3 Å². The number of benzene rings is 1. The Labute approximate surface area is 142 Å². The summed E-state index contributed by atoms with van der Waals surface area (Å²) < 4.78 is 28.6. The molecule has 1 N–H and O–H groups in total. The number of pyridine rings is 1. The second kappa shape index (κ2) is 6.75. The summed E-state index contributed by atoms with van der Waals surface area (Å²) in [6, 6.07) is 12.0. The molecule has 0 fully saturated rings. The molecule has 3 aromatic rings. The molecule has 2 heterocycles. The highest BCUT2D eigenvalue weighted by Gasteiger charge is 2.21. The molecule has 0 bridgehead atoms. The van der Waals surface area contributed by atoms with Gasteiger partial charge in [-0.05, 0) is 30.2 Å². The number of rotatable bonds is 6. The molecule has 0 aliphatic carbocycles. The molecule has 126 valence electrons. The van der Waals surface area contributed by atoms with Gasteiger partial charge in [0.25, 0.3) is 0 Å². The van der Waals surface area contributed by atoms with E-state index in [0.29, 0.717) is 6.54 Å². The predicted octanol–water partition coefficient (Wildman–Crippen LogP) is 2.64. The second-order valence-corrected chi connectivity index (χ2v) is 7.90. The largest absolute Gasteiger partial charge is 0.350 e. The molecule has 0 saturated carbocycles. The number of para-hydroxylation sites is 1. The first-order chi connectivity index (χ1) is 11.5. The summed E-state index contributed by atoms with van der Waals surface area (Å²) in [5.41, 5.74) is 3.22. The van der Waals surface area contributed by atoms with E-state index in [2.05, 4.69) is 32.6 Å². The van der Waals surface area contributed by atoms with Crippen molar-refractivity contribution in [1.29, 1.82) is 0 Å². The van der Waals surface area contributed by atoms with Gasteiger partial charge in [0.05, 0.1) is 5.75 Å². The Hall–Kier alpha value is -2.18. The van der Waals surface area contributed by atoms with Gasteiger partial charge in [0, 0.05) is 49.0 Å². The van der Waals surface area contributed by atoms with Crippen LogP contribution in [0.4, 0.5) is 0 Å². The fourth-order valence-corrected chi connectivity index (χ4v) is 3.58. The quantitative estimate of drug-likeness (QED) is 0.748. The van der Waals surface area contributed by atoms with E-state index in [9.17, 15) is 8.42 Å². The lowest BCUT2D eigenvalue weighted by Crippen LogP contribution is -2.30. The van der Waals surface area contributed by atoms with Gasteiger partial charge >= 0.3 is 0 Å². The summed E-state index contributed by atoms with van der Waals surface area (Å²) in [4.78, 5) is 4.20. The van der Waals surface area contributed by atoms with Gasteiger partial charge < -0.3 is 4.57 Å². The van der Waals surface area contributed by atoms with Crippen LogP contribution in [0.2, 0.25) is 0 Å². The highest BCUT2D eigenvalue weighted by Crippen LogP contribution is 2.31. The summed E-state index contributed by atoms with van der Waals surface area (Å²) in [5.74, 6) is -0.0198. The number of aromatic nitrogens is 2. The molecule has 24 heavy (non-hydrogen) atoms. The van der Waals surface area contributed by atoms with Gasteiger partial charge in [-0.25, -0.2) is 13.1 Å². The van der Waals surface area contributed by atoms with Crippen LogP contribution >= 0.6 is 0 Å². The second-order valence-electron chi connectivity index (χ2n) is 5.80. The normalized spacial score (nSPS) is 13.2. The molecule has 0 unspecified atom stereocenters. The zero-order valence-corrected chi connectivity index (χ0v) is 14.6. The van der Waals surface area contributed by atoms with Crippen molar-refractivity contribution in [3.05, 3.63) is 66.1 Å². The smallest absolute Gasteiger partial charge is 0.211 e. The first-order valence-corrected chi connectivity index (χ1v) is 9.58. The van der Waals surface area contributed by atoms with Gasteiger partial charge in [-0.15, -0.1) is 0 Å². The van der Waals surface area contributed by atoms with E-state index in [0.717, 1.165) is 22.0 Å². The zero-order valence-electron chi connectivity index (χ0n) is 13.8. The average molecular weight is 343 g/mol. The van der Waals surface area contributed by atoms with Crippen molar-refractivity contribution in [3.8, 4) is 0 Å². The lowest BCUT2D eigenvalue weighted by molar-refractivity contribution is 0.579. The first-order valence-electron chi connectivity index (χ1n) is 7.93. The number of hydrogen-bond donors (Lipinski definition) is 1. The van der Waals surface area contributed by atoms with E-state index in [4.69, 9.17) is 0 Å². The minimum Gasteiger partial charge on any atom is -0.350 e. The Kier molecular flexibility index (Phi) is 4.69. The van der Waals surface area contributed by atoms with Gasteiger partial charge in [-0.3, -0.25) is 4.98 Å². The van der Waals surface area contributed by atoms with E-state index in [1.54, 1.807) is 19.3 Å². The molecule has 0 aliphatic rings. The van der Waals surface area contributed by atoms with E-state index in [-0.39, 0.29) is 11.7 Å². The highest BCUT2D eigenvalue weighted by molar-refractivity contribution is 7.89. The van der Waals surface area contributed by atoms with Crippen LogP contribution in [0.1, 0.15) is 24.0 Å². The van der Waals surface area contributed by atoms with Crippen LogP contribution in [0.15, 0.2) is 55.0 Å². The third-order valence-electron chi connectivity index (χ3n) is 4.28. The molecule has 0 spiro atoms. The number of hydrogen-bond acceptors (Lipinski definition) is 3. The van der Waals surface area contributed by atoms with E-state index in [1.807, 2.05) is 31.3 Å². The maximum absolute atomic E-state index is 11.9. The molecular weight excluding hydrogens is 322 g/mol. The minimum atomic E-state index is -3.25. The summed E-state index contributed by atoms with van der Waals surface area (Å²) in [5, 5.41) is 1.13. The Morgan fingerprint density at radius 3 is 2.71 bits per heavy atom. The zero-order chi connectivity index (χ0) is 17.2. The van der Waals surface area contributed by atoms with Crippen LogP contribution in [0.5, 0.6) is 0 Å². The maximum Gasteiger partial charge on any atom is 0.211 e. The van der Waals surface area contributed by atoms with Crippen LogP contribution in [-0.4, -0.2) is 30.3 Å². The third-order valence-corrected chi connectivity index (χ3v) is 5.64. The third kappa shape index (κ3) is 3.34.